The summed E-state index contributed by atoms with van der Waals surface area (Å²) in [5.74, 6) is -0.194. The molecule has 1 saturated heterocycles. The largest absolute Gasteiger partial charge is 0.392 e. The Hall–Kier alpha value is -2.17. The van der Waals surface area contributed by atoms with Crippen molar-refractivity contribution in [2.75, 3.05) is 26.3 Å². The number of aryl methyl sites for hydroxylation is 1. The molecule has 0 amide bonds. The van der Waals surface area contributed by atoms with Crippen LogP contribution in [0.4, 0.5) is 8.78 Å². The Labute approximate surface area is 220 Å². The number of alkyl halides is 1. The molecule has 5 rings (SSSR count). The number of hydrogen-bond donors (Lipinski definition) is 1. The number of piperidine rings is 1. The van der Waals surface area contributed by atoms with Crippen LogP contribution in [-0.2, 0) is 6.61 Å². The summed E-state index contributed by atoms with van der Waals surface area (Å²) in [7, 11) is 0. The molecule has 0 atom stereocenters. The highest BCUT2D eigenvalue weighted by molar-refractivity contribution is 5.86. The highest BCUT2D eigenvalue weighted by Gasteiger charge is 2.23. The molecule has 0 unspecified atom stereocenters. The van der Waals surface area contributed by atoms with E-state index in [2.05, 4.69) is 25.2 Å². The van der Waals surface area contributed by atoms with Gasteiger partial charge in [-0.2, -0.15) is 15.3 Å². The lowest BCUT2D eigenvalue weighted by Crippen LogP contribution is -2.34. The quantitative estimate of drug-likeness (QED) is 0.390. The first-order chi connectivity index (χ1) is 15.6. The molecule has 190 valence electrons. The second kappa shape index (κ2) is 12.2. The Kier molecular flexibility index (Phi) is 10.1. The molecule has 7 nitrogen and oxygen atoms in total. The molecule has 1 aliphatic rings. The number of aromatic nitrogens is 5. The highest BCUT2D eigenvalue weighted by Crippen LogP contribution is 2.31. The predicted octanol–water partition coefficient (Wildman–Crippen LogP) is 4.69. The number of halogens is 5. The van der Waals surface area contributed by atoms with Crippen LogP contribution in [0.15, 0.2) is 30.5 Å². The molecule has 0 saturated carbocycles. The average molecular weight is 548 g/mol. The standard InChI is InChI=1S/C23H24F2N6O.3ClH/c1-14-12-31-23(26-14)17(13-32)10-21(29-31)16-8-19(25)18-11-20(27-28-22(18)9-16)15-2-5-30(6-3-15)7-4-24;;;/h8-12,15,32H,2-7,13H2,1H3;3*1H. The second-order valence-corrected chi connectivity index (χ2v) is 8.33. The number of fused-ring (bicyclic) bond motifs is 2. The molecule has 1 aromatic carbocycles. The first-order valence-corrected chi connectivity index (χ1v) is 10.8. The van der Waals surface area contributed by atoms with E-state index >= 15 is 4.39 Å². The zero-order valence-corrected chi connectivity index (χ0v) is 21.5. The maximum Gasteiger partial charge on any atom is 0.159 e. The van der Waals surface area contributed by atoms with Crippen molar-refractivity contribution in [2.24, 2.45) is 0 Å². The molecule has 1 N–H and O–H groups in total. The van der Waals surface area contributed by atoms with Gasteiger partial charge in [-0.05, 0) is 57.1 Å². The molecule has 1 fully saturated rings. The smallest absolute Gasteiger partial charge is 0.159 e. The van der Waals surface area contributed by atoms with Gasteiger partial charge in [0, 0.05) is 29.0 Å². The van der Waals surface area contributed by atoms with E-state index in [9.17, 15) is 9.50 Å². The van der Waals surface area contributed by atoms with Gasteiger partial charge in [0.2, 0.25) is 0 Å². The molecular formula is C23H27Cl3F2N6O. The third-order valence-electron chi connectivity index (χ3n) is 6.17. The molecular weight excluding hydrogens is 521 g/mol. The van der Waals surface area contributed by atoms with Gasteiger partial charge in [0.25, 0.3) is 0 Å². The zero-order valence-electron chi connectivity index (χ0n) is 19.0. The SMILES string of the molecule is Cc1cn2nc(-c3cc(F)c4cc(C5CCN(CCF)CC5)nnc4c3)cc(CO)c2n1.Cl.Cl.Cl. The minimum atomic E-state index is -0.391. The van der Waals surface area contributed by atoms with Crippen LogP contribution in [0, 0.1) is 12.7 Å². The maximum atomic E-state index is 15.1. The lowest BCUT2D eigenvalue weighted by Gasteiger charge is -2.30. The van der Waals surface area contributed by atoms with Gasteiger partial charge in [0.05, 0.1) is 35.4 Å². The molecule has 0 aliphatic carbocycles. The van der Waals surface area contributed by atoms with Crippen LogP contribution in [0.2, 0.25) is 0 Å². The van der Waals surface area contributed by atoms with Crippen molar-refractivity contribution >= 4 is 53.8 Å². The number of hydrogen-bond acceptors (Lipinski definition) is 6. The summed E-state index contributed by atoms with van der Waals surface area (Å²) in [6.45, 7) is 3.40. The fourth-order valence-corrected chi connectivity index (χ4v) is 4.45. The Balaban J connectivity index is 0.00000144. The Morgan fingerprint density at radius 2 is 1.80 bits per heavy atom. The molecule has 4 aromatic rings. The fourth-order valence-electron chi connectivity index (χ4n) is 4.45. The average Bonchev–Trinajstić information content (AvgIpc) is 3.19. The van der Waals surface area contributed by atoms with E-state index in [0.29, 0.717) is 39.9 Å². The van der Waals surface area contributed by atoms with Crippen LogP contribution in [0.5, 0.6) is 0 Å². The van der Waals surface area contributed by atoms with Gasteiger partial charge in [-0.3, -0.25) is 0 Å². The lowest BCUT2D eigenvalue weighted by molar-refractivity contribution is 0.195. The summed E-state index contributed by atoms with van der Waals surface area (Å²) in [5, 5.41) is 23.4. The van der Waals surface area contributed by atoms with Gasteiger partial charge in [-0.15, -0.1) is 37.2 Å². The van der Waals surface area contributed by atoms with Crippen LogP contribution in [0.1, 0.15) is 35.7 Å². The monoisotopic (exact) mass is 546 g/mol. The van der Waals surface area contributed by atoms with Crippen LogP contribution in [-0.4, -0.2) is 61.1 Å². The number of aliphatic hydroxyl groups excluding tert-OH is 1. The second-order valence-electron chi connectivity index (χ2n) is 8.33. The molecule has 4 heterocycles. The highest BCUT2D eigenvalue weighted by atomic mass is 35.5. The summed E-state index contributed by atoms with van der Waals surface area (Å²) in [4.78, 5) is 6.48. The summed E-state index contributed by atoms with van der Waals surface area (Å²) in [6, 6.07) is 6.70. The van der Waals surface area contributed by atoms with Gasteiger partial charge in [0.15, 0.2) is 5.65 Å². The van der Waals surface area contributed by atoms with Crippen molar-refractivity contribution in [2.45, 2.75) is 32.3 Å². The molecule has 0 spiro atoms. The number of rotatable bonds is 5. The van der Waals surface area contributed by atoms with E-state index in [0.717, 1.165) is 37.3 Å². The van der Waals surface area contributed by atoms with E-state index in [1.54, 1.807) is 28.9 Å². The number of benzene rings is 1. The van der Waals surface area contributed by atoms with Gasteiger partial charge >= 0.3 is 0 Å². The van der Waals surface area contributed by atoms with E-state index < -0.39 is 5.82 Å². The molecule has 3 aromatic heterocycles. The third kappa shape index (κ3) is 5.81. The van der Waals surface area contributed by atoms with Crippen molar-refractivity contribution < 1.29 is 13.9 Å². The molecule has 0 radical (unpaired) electrons. The summed E-state index contributed by atoms with van der Waals surface area (Å²) in [5.41, 5.74) is 4.28. The van der Waals surface area contributed by atoms with Gasteiger partial charge in [0.1, 0.15) is 12.5 Å². The van der Waals surface area contributed by atoms with Crippen molar-refractivity contribution in [3.05, 3.63) is 53.2 Å². The molecule has 0 bridgehead atoms. The minimum Gasteiger partial charge on any atom is -0.392 e. The van der Waals surface area contributed by atoms with Gasteiger partial charge in [-0.1, -0.05) is 0 Å². The topological polar surface area (TPSA) is 79.4 Å². The van der Waals surface area contributed by atoms with Crippen molar-refractivity contribution in [1.82, 2.24) is 29.7 Å². The Morgan fingerprint density at radius 1 is 1.06 bits per heavy atom. The van der Waals surface area contributed by atoms with Crippen molar-refractivity contribution in [3.8, 4) is 11.3 Å². The van der Waals surface area contributed by atoms with E-state index in [4.69, 9.17) is 0 Å². The van der Waals surface area contributed by atoms with Crippen LogP contribution < -0.4 is 0 Å². The normalized spacial score (nSPS) is 14.4. The first kappa shape index (κ1) is 29.1. The number of imidazole rings is 1. The molecule has 35 heavy (non-hydrogen) atoms. The summed E-state index contributed by atoms with van der Waals surface area (Å²) >= 11 is 0. The van der Waals surface area contributed by atoms with Crippen LogP contribution >= 0.6 is 37.2 Å². The van der Waals surface area contributed by atoms with E-state index in [1.165, 1.54) is 6.07 Å². The van der Waals surface area contributed by atoms with Gasteiger partial charge in [-0.25, -0.2) is 18.3 Å². The number of aliphatic hydroxyl groups is 1. The Bertz CT molecular complexity index is 1300. The van der Waals surface area contributed by atoms with Crippen molar-refractivity contribution in [1.29, 1.82) is 0 Å². The minimum absolute atomic E-state index is 0. The third-order valence-corrected chi connectivity index (χ3v) is 6.17. The Morgan fingerprint density at radius 3 is 2.49 bits per heavy atom. The van der Waals surface area contributed by atoms with Crippen molar-refractivity contribution in [3.63, 3.8) is 0 Å². The van der Waals surface area contributed by atoms with Gasteiger partial charge < -0.3 is 10.0 Å². The van der Waals surface area contributed by atoms with E-state index in [-0.39, 0.29) is 56.4 Å². The number of nitrogens with zero attached hydrogens (tertiary/aromatic N) is 6. The zero-order chi connectivity index (χ0) is 22.2. The van der Waals surface area contributed by atoms with Crippen LogP contribution in [0.25, 0.3) is 27.8 Å². The molecule has 1 aliphatic heterocycles. The lowest BCUT2D eigenvalue weighted by atomic mass is 9.92. The van der Waals surface area contributed by atoms with E-state index in [1.807, 2.05) is 6.92 Å². The first-order valence-electron chi connectivity index (χ1n) is 10.8. The number of likely N-dealkylation sites (tertiary alicyclic amines) is 1. The summed E-state index contributed by atoms with van der Waals surface area (Å²) < 4.78 is 29.3. The fraction of sp³-hybridized carbons (Fsp3) is 0.391. The summed E-state index contributed by atoms with van der Waals surface area (Å²) in [6.07, 6.45) is 3.48. The van der Waals surface area contributed by atoms with Crippen LogP contribution in [0.3, 0.4) is 0 Å². The molecule has 12 heteroatoms. The predicted molar refractivity (Wildman–Crippen MR) is 138 cm³/mol. The maximum absolute atomic E-state index is 15.1.